The maximum absolute atomic E-state index is 12.2. The Morgan fingerprint density at radius 2 is 2.31 bits per heavy atom. The van der Waals surface area contributed by atoms with E-state index in [1.54, 1.807) is 0 Å². The summed E-state index contributed by atoms with van der Waals surface area (Å²) in [7, 11) is 0. The average molecular weight is 237 g/mol. The standard InChI is InChI=1S/C12H13ClN2O/c1-7-4-8-10-6-14-2-3-15(10)12(16)11(8)9(13)5-7/h4-5,10,14H,2-3,6H2,1H3/t10-/m0/s1. The molecule has 1 fully saturated rings. The number of nitrogens with one attached hydrogen (secondary N) is 1. The van der Waals surface area contributed by atoms with Crippen molar-refractivity contribution >= 4 is 17.5 Å². The number of rotatable bonds is 0. The lowest BCUT2D eigenvalue weighted by Crippen LogP contribution is -2.44. The average Bonchev–Trinajstić information content (AvgIpc) is 2.54. The normalized spacial score (nSPS) is 23.2. The van der Waals surface area contributed by atoms with Crippen LogP contribution in [0.2, 0.25) is 5.02 Å². The van der Waals surface area contributed by atoms with Crippen LogP contribution < -0.4 is 5.32 Å². The summed E-state index contributed by atoms with van der Waals surface area (Å²) >= 11 is 6.17. The van der Waals surface area contributed by atoms with Gasteiger partial charge in [0.1, 0.15) is 0 Å². The molecule has 0 aromatic heterocycles. The zero-order valence-corrected chi connectivity index (χ0v) is 9.84. The van der Waals surface area contributed by atoms with Gasteiger partial charge in [-0.1, -0.05) is 17.7 Å². The molecule has 2 aliphatic heterocycles. The Balaban J connectivity index is 2.17. The van der Waals surface area contributed by atoms with Gasteiger partial charge in [-0.05, 0) is 24.1 Å². The van der Waals surface area contributed by atoms with Gasteiger partial charge in [0.05, 0.1) is 16.6 Å². The Morgan fingerprint density at radius 1 is 1.50 bits per heavy atom. The van der Waals surface area contributed by atoms with Gasteiger partial charge in [0.15, 0.2) is 0 Å². The first-order chi connectivity index (χ1) is 7.68. The van der Waals surface area contributed by atoms with Crippen molar-refractivity contribution < 1.29 is 4.79 Å². The molecule has 3 nitrogen and oxygen atoms in total. The SMILES string of the molecule is Cc1cc(Cl)c2c(c1)[C@@H]1CNCCN1C2=O. The van der Waals surface area contributed by atoms with Gasteiger partial charge in [0, 0.05) is 19.6 Å². The van der Waals surface area contributed by atoms with Gasteiger partial charge in [-0.2, -0.15) is 0 Å². The van der Waals surface area contributed by atoms with Crippen LogP contribution in [-0.2, 0) is 0 Å². The first-order valence-corrected chi connectivity index (χ1v) is 5.88. The monoisotopic (exact) mass is 236 g/mol. The lowest BCUT2D eigenvalue weighted by molar-refractivity contribution is 0.0691. The minimum atomic E-state index is 0.0894. The molecule has 1 atom stereocenters. The molecule has 84 valence electrons. The second-order valence-corrected chi connectivity index (χ2v) is 4.84. The molecule has 1 saturated heterocycles. The summed E-state index contributed by atoms with van der Waals surface area (Å²) in [6, 6.07) is 4.12. The Labute approximate surface area is 99.4 Å². The van der Waals surface area contributed by atoms with Crippen molar-refractivity contribution in [3.8, 4) is 0 Å². The van der Waals surface area contributed by atoms with E-state index in [9.17, 15) is 4.79 Å². The minimum absolute atomic E-state index is 0.0894. The number of carbonyl (C=O) groups excluding carboxylic acids is 1. The number of hydrogen-bond donors (Lipinski definition) is 1. The van der Waals surface area contributed by atoms with E-state index in [4.69, 9.17) is 11.6 Å². The van der Waals surface area contributed by atoms with Crippen molar-refractivity contribution in [2.75, 3.05) is 19.6 Å². The van der Waals surface area contributed by atoms with Crippen LogP contribution in [-0.4, -0.2) is 30.4 Å². The Morgan fingerprint density at radius 3 is 3.12 bits per heavy atom. The van der Waals surface area contributed by atoms with Gasteiger partial charge >= 0.3 is 0 Å². The molecule has 0 saturated carbocycles. The number of piperazine rings is 1. The number of fused-ring (bicyclic) bond motifs is 3. The van der Waals surface area contributed by atoms with Gasteiger partial charge in [0.2, 0.25) is 0 Å². The van der Waals surface area contributed by atoms with Crippen LogP contribution in [0, 0.1) is 6.92 Å². The van der Waals surface area contributed by atoms with Crippen LogP contribution >= 0.6 is 11.6 Å². The van der Waals surface area contributed by atoms with Crippen molar-refractivity contribution in [2.45, 2.75) is 13.0 Å². The summed E-state index contributed by atoms with van der Waals surface area (Å²) in [5.74, 6) is 0.0894. The van der Waals surface area contributed by atoms with Crippen LogP contribution in [0.1, 0.15) is 27.5 Å². The molecule has 1 amide bonds. The molecule has 0 aliphatic carbocycles. The third-order valence-corrected chi connectivity index (χ3v) is 3.64. The van der Waals surface area contributed by atoms with Gasteiger partial charge in [-0.3, -0.25) is 4.79 Å². The maximum atomic E-state index is 12.2. The number of halogens is 1. The molecule has 1 aromatic rings. The Kier molecular flexibility index (Phi) is 2.19. The largest absolute Gasteiger partial charge is 0.329 e. The smallest absolute Gasteiger partial charge is 0.256 e. The van der Waals surface area contributed by atoms with Crippen LogP contribution in [0.3, 0.4) is 0 Å². The minimum Gasteiger partial charge on any atom is -0.329 e. The number of aryl methyl sites for hydroxylation is 1. The zero-order valence-electron chi connectivity index (χ0n) is 9.09. The van der Waals surface area contributed by atoms with Crippen molar-refractivity contribution in [3.63, 3.8) is 0 Å². The summed E-state index contributed by atoms with van der Waals surface area (Å²) in [6.45, 7) is 4.48. The molecular weight excluding hydrogens is 224 g/mol. The fourth-order valence-electron chi connectivity index (χ4n) is 2.63. The van der Waals surface area contributed by atoms with E-state index in [0.717, 1.165) is 30.8 Å². The fourth-order valence-corrected chi connectivity index (χ4v) is 2.99. The van der Waals surface area contributed by atoms with E-state index in [0.29, 0.717) is 10.6 Å². The summed E-state index contributed by atoms with van der Waals surface area (Å²) in [6.07, 6.45) is 0. The van der Waals surface area contributed by atoms with Gasteiger partial charge in [0.25, 0.3) is 5.91 Å². The van der Waals surface area contributed by atoms with Crippen LogP contribution in [0.4, 0.5) is 0 Å². The summed E-state index contributed by atoms with van der Waals surface area (Å²) < 4.78 is 0. The summed E-state index contributed by atoms with van der Waals surface area (Å²) in [5, 5.41) is 3.91. The van der Waals surface area contributed by atoms with Crippen LogP contribution in [0.25, 0.3) is 0 Å². The molecule has 3 rings (SSSR count). The van der Waals surface area contributed by atoms with Crippen molar-refractivity contribution in [2.24, 2.45) is 0 Å². The molecule has 1 N–H and O–H groups in total. The van der Waals surface area contributed by atoms with E-state index >= 15 is 0 Å². The molecule has 4 heteroatoms. The quantitative estimate of drug-likeness (QED) is 0.745. The second-order valence-electron chi connectivity index (χ2n) is 4.43. The van der Waals surface area contributed by atoms with Crippen molar-refractivity contribution in [1.29, 1.82) is 0 Å². The number of benzene rings is 1. The van der Waals surface area contributed by atoms with Crippen LogP contribution in [0.5, 0.6) is 0 Å². The van der Waals surface area contributed by atoms with E-state index in [1.807, 2.05) is 17.9 Å². The highest BCUT2D eigenvalue weighted by Gasteiger charge is 2.39. The number of hydrogen-bond acceptors (Lipinski definition) is 2. The highest BCUT2D eigenvalue weighted by molar-refractivity contribution is 6.34. The van der Waals surface area contributed by atoms with Gasteiger partial charge in [-0.25, -0.2) is 0 Å². The van der Waals surface area contributed by atoms with Crippen molar-refractivity contribution in [3.05, 3.63) is 33.8 Å². The first-order valence-electron chi connectivity index (χ1n) is 5.50. The lowest BCUT2D eigenvalue weighted by Gasteiger charge is -2.30. The van der Waals surface area contributed by atoms with E-state index in [-0.39, 0.29) is 11.9 Å². The molecule has 0 bridgehead atoms. The number of nitrogens with zero attached hydrogens (tertiary/aromatic N) is 1. The molecule has 1 aromatic carbocycles. The van der Waals surface area contributed by atoms with Crippen LogP contribution in [0.15, 0.2) is 12.1 Å². The summed E-state index contributed by atoms with van der Waals surface area (Å²) in [4.78, 5) is 14.1. The predicted octanol–water partition coefficient (Wildman–Crippen LogP) is 1.75. The maximum Gasteiger partial charge on any atom is 0.256 e. The highest BCUT2D eigenvalue weighted by Crippen LogP contribution is 2.38. The van der Waals surface area contributed by atoms with E-state index in [1.165, 1.54) is 0 Å². The zero-order chi connectivity index (χ0) is 11.3. The molecule has 0 spiro atoms. The third kappa shape index (κ3) is 1.28. The predicted molar refractivity (Wildman–Crippen MR) is 62.8 cm³/mol. The molecular formula is C12H13ClN2O. The number of carbonyl (C=O) groups is 1. The van der Waals surface area contributed by atoms with E-state index < -0.39 is 0 Å². The van der Waals surface area contributed by atoms with Crippen molar-refractivity contribution in [1.82, 2.24) is 10.2 Å². The molecule has 2 heterocycles. The third-order valence-electron chi connectivity index (χ3n) is 3.34. The molecule has 16 heavy (non-hydrogen) atoms. The van der Waals surface area contributed by atoms with Gasteiger partial charge in [-0.15, -0.1) is 0 Å². The second kappa shape index (κ2) is 3.47. The fraction of sp³-hybridized carbons (Fsp3) is 0.417. The lowest BCUT2D eigenvalue weighted by atomic mass is 10.0. The molecule has 2 aliphatic rings. The topological polar surface area (TPSA) is 32.3 Å². The summed E-state index contributed by atoms with van der Waals surface area (Å²) in [5.41, 5.74) is 2.91. The Bertz CT molecular complexity index is 472. The number of amides is 1. The van der Waals surface area contributed by atoms with E-state index in [2.05, 4.69) is 11.4 Å². The Hall–Kier alpha value is -1.06. The highest BCUT2D eigenvalue weighted by atomic mass is 35.5. The molecule has 0 unspecified atom stereocenters. The van der Waals surface area contributed by atoms with Gasteiger partial charge < -0.3 is 10.2 Å². The molecule has 0 radical (unpaired) electrons. The first kappa shape index (κ1) is 10.1.